The fraction of sp³-hybridized carbons (Fsp3) is 0.455. The number of hydrogen-bond donors (Lipinski definition) is 1. The average molecular weight is 364 g/mol. The lowest BCUT2D eigenvalue weighted by Crippen LogP contribution is -2.35. The van der Waals surface area contributed by atoms with Crippen LogP contribution in [0.1, 0.15) is 43.4 Å². The van der Waals surface area contributed by atoms with Gasteiger partial charge in [0.2, 0.25) is 0 Å². The second kappa shape index (κ2) is 7.30. The van der Waals surface area contributed by atoms with E-state index in [0.29, 0.717) is 25.1 Å². The number of nitrogens with zero attached hydrogens (tertiary/aromatic N) is 1. The standard InChI is InChI=1S/C22H25N3O2/c1-22(2)11-17-18(12-23)21(24-13-16-9-6-10-26-16)25-20(19(17)14-27-22)15-7-4-3-5-8-15/h3-5,7-8,16H,6,9-11,13-14H2,1-2H3,(H,24,25)/p+1/t16-/m0/s1. The Hall–Kier alpha value is -2.42. The minimum atomic E-state index is -0.278. The normalized spacial score (nSPS) is 20.7. The third-order valence-electron chi connectivity index (χ3n) is 5.38. The molecule has 2 aliphatic rings. The number of aromatic nitrogens is 1. The Bertz CT molecular complexity index is 865. The third kappa shape index (κ3) is 3.69. The number of ether oxygens (including phenoxy) is 2. The number of hydrogen-bond acceptors (Lipinski definition) is 4. The summed E-state index contributed by atoms with van der Waals surface area (Å²) in [4.78, 5) is 3.49. The van der Waals surface area contributed by atoms with Crippen LogP contribution in [0.5, 0.6) is 0 Å². The SMILES string of the molecule is CC1(C)Cc2c(C#N)c(NC[C@@H]3CCCO3)[nH+]c(-c3ccccc3)c2CO1. The Labute approximate surface area is 160 Å². The van der Waals surface area contributed by atoms with Gasteiger partial charge in [0.05, 0.1) is 18.3 Å². The van der Waals surface area contributed by atoms with Crippen LogP contribution >= 0.6 is 0 Å². The van der Waals surface area contributed by atoms with Gasteiger partial charge in [-0.2, -0.15) is 5.26 Å². The van der Waals surface area contributed by atoms with Crippen molar-refractivity contribution in [1.29, 1.82) is 5.26 Å². The molecule has 0 aliphatic carbocycles. The number of pyridine rings is 1. The van der Waals surface area contributed by atoms with Gasteiger partial charge in [-0.3, -0.25) is 5.32 Å². The second-order valence-corrected chi connectivity index (χ2v) is 7.93. The first-order valence-electron chi connectivity index (χ1n) is 9.63. The Kier molecular flexibility index (Phi) is 4.86. The van der Waals surface area contributed by atoms with Gasteiger partial charge < -0.3 is 9.47 Å². The number of nitrogens with one attached hydrogen (secondary N) is 2. The highest BCUT2D eigenvalue weighted by atomic mass is 16.5. The number of anilines is 1. The van der Waals surface area contributed by atoms with Crippen molar-refractivity contribution in [2.75, 3.05) is 18.5 Å². The van der Waals surface area contributed by atoms with Crippen LogP contribution in [0.3, 0.4) is 0 Å². The van der Waals surface area contributed by atoms with E-state index in [1.807, 2.05) is 18.2 Å². The first kappa shape index (κ1) is 18.0. The zero-order valence-corrected chi connectivity index (χ0v) is 16.0. The van der Waals surface area contributed by atoms with Gasteiger partial charge in [0, 0.05) is 24.2 Å². The van der Waals surface area contributed by atoms with Gasteiger partial charge >= 0.3 is 0 Å². The fourth-order valence-electron chi connectivity index (χ4n) is 3.94. The van der Waals surface area contributed by atoms with Crippen LogP contribution in [0, 0.1) is 11.3 Å². The smallest absolute Gasteiger partial charge is 0.291 e. The first-order valence-corrected chi connectivity index (χ1v) is 9.63. The van der Waals surface area contributed by atoms with Gasteiger partial charge in [0.15, 0.2) is 0 Å². The summed E-state index contributed by atoms with van der Waals surface area (Å²) in [6.45, 7) is 6.19. The predicted octanol–water partition coefficient (Wildman–Crippen LogP) is 3.48. The Balaban J connectivity index is 1.79. The van der Waals surface area contributed by atoms with Crippen LogP contribution in [0.25, 0.3) is 11.3 Å². The summed E-state index contributed by atoms with van der Waals surface area (Å²) >= 11 is 0. The van der Waals surface area contributed by atoms with Crippen molar-refractivity contribution in [1.82, 2.24) is 0 Å². The van der Waals surface area contributed by atoms with Gasteiger partial charge in [-0.1, -0.05) is 30.3 Å². The molecule has 5 nitrogen and oxygen atoms in total. The highest BCUT2D eigenvalue weighted by Crippen LogP contribution is 2.36. The quantitative estimate of drug-likeness (QED) is 0.902. The number of aromatic amines is 1. The highest BCUT2D eigenvalue weighted by Gasteiger charge is 2.34. The summed E-state index contributed by atoms with van der Waals surface area (Å²) in [6.07, 6.45) is 3.09. The van der Waals surface area contributed by atoms with E-state index in [1.165, 1.54) is 0 Å². The topological polar surface area (TPSA) is 68.4 Å². The first-order chi connectivity index (χ1) is 13.1. The summed E-state index contributed by atoms with van der Waals surface area (Å²) in [5.41, 5.74) is 4.70. The van der Waals surface area contributed by atoms with E-state index in [9.17, 15) is 5.26 Å². The molecule has 1 aromatic heterocycles. The fourth-order valence-corrected chi connectivity index (χ4v) is 3.94. The van der Waals surface area contributed by atoms with Gasteiger partial charge in [0.25, 0.3) is 5.82 Å². The van der Waals surface area contributed by atoms with E-state index in [1.54, 1.807) is 0 Å². The molecule has 3 heterocycles. The Morgan fingerprint density at radius 1 is 1.26 bits per heavy atom. The van der Waals surface area contributed by atoms with Crippen molar-refractivity contribution >= 4 is 5.82 Å². The van der Waals surface area contributed by atoms with Crippen LogP contribution in [-0.2, 0) is 22.5 Å². The third-order valence-corrected chi connectivity index (χ3v) is 5.38. The predicted molar refractivity (Wildman–Crippen MR) is 103 cm³/mol. The Morgan fingerprint density at radius 2 is 2.07 bits per heavy atom. The zero-order chi connectivity index (χ0) is 18.9. The maximum atomic E-state index is 9.92. The van der Waals surface area contributed by atoms with Crippen LogP contribution in [0.4, 0.5) is 5.82 Å². The molecule has 2 N–H and O–H groups in total. The number of H-pyrrole nitrogens is 1. The van der Waals surface area contributed by atoms with Crippen molar-refractivity contribution in [3.63, 3.8) is 0 Å². The maximum Gasteiger partial charge on any atom is 0.291 e. The van der Waals surface area contributed by atoms with Gasteiger partial charge in [-0.05, 0) is 32.3 Å². The summed E-state index contributed by atoms with van der Waals surface area (Å²) in [7, 11) is 0. The van der Waals surface area contributed by atoms with Crippen molar-refractivity contribution in [2.24, 2.45) is 0 Å². The summed E-state index contributed by atoms with van der Waals surface area (Å²) in [5.74, 6) is 0.781. The van der Waals surface area contributed by atoms with Crippen molar-refractivity contribution < 1.29 is 14.5 Å². The maximum absolute atomic E-state index is 9.92. The Morgan fingerprint density at radius 3 is 2.78 bits per heavy atom. The molecule has 2 aromatic rings. The number of nitriles is 1. The van der Waals surface area contributed by atoms with E-state index < -0.39 is 0 Å². The van der Waals surface area contributed by atoms with Crippen LogP contribution in [-0.4, -0.2) is 24.9 Å². The van der Waals surface area contributed by atoms with E-state index in [2.05, 4.69) is 42.4 Å². The molecular weight excluding hydrogens is 338 g/mol. The van der Waals surface area contributed by atoms with Crippen LogP contribution in [0.2, 0.25) is 0 Å². The number of benzene rings is 1. The van der Waals surface area contributed by atoms with Crippen molar-refractivity contribution in [3.05, 3.63) is 47.0 Å². The summed E-state index contributed by atoms with van der Waals surface area (Å²) in [5, 5.41) is 13.4. The molecule has 4 rings (SSSR count). The molecule has 1 fully saturated rings. The van der Waals surface area contributed by atoms with E-state index in [0.717, 1.165) is 47.7 Å². The second-order valence-electron chi connectivity index (χ2n) is 7.93. The van der Waals surface area contributed by atoms with E-state index >= 15 is 0 Å². The van der Waals surface area contributed by atoms with Crippen molar-refractivity contribution in [2.45, 2.75) is 51.4 Å². The van der Waals surface area contributed by atoms with Crippen LogP contribution < -0.4 is 10.3 Å². The van der Waals surface area contributed by atoms with Gasteiger partial charge in [-0.15, -0.1) is 0 Å². The van der Waals surface area contributed by atoms with Gasteiger partial charge in [-0.25, -0.2) is 4.98 Å². The molecule has 1 atom stereocenters. The zero-order valence-electron chi connectivity index (χ0n) is 16.0. The molecule has 2 aliphatic heterocycles. The molecule has 5 heteroatoms. The minimum Gasteiger partial charge on any atom is -0.374 e. The number of rotatable bonds is 4. The lowest BCUT2D eigenvalue weighted by molar-refractivity contribution is -0.349. The molecule has 0 spiro atoms. The van der Waals surface area contributed by atoms with E-state index in [4.69, 9.17) is 9.47 Å². The molecule has 0 radical (unpaired) electrons. The molecule has 0 amide bonds. The van der Waals surface area contributed by atoms with Crippen LogP contribution in [0.15, 0.2) is 30.3 Å². The minimum absolute atomic E-state index is 0.209. The van der Waals surface area contributed by atoms with Gasteiger partial charge in [0.1, 0.15) is 23.9 Å². The highest BCUT2D eigenvalue weighted by molar-refractivity contribution is 5.67. The number of fused-ring (bicyclic) bond motifs is 1. The molecular formula is C22H26N3O2+. The van der Waals surface area contributed by atoms with E-state index in [-0.39, 0.29) is 11.7 Å². The molecule has 0 saturated carbocycles. The average Bonchev–Trinajstić information content (AvgIpc) is 3.19. The molecule has 0 unspecified atom stereocenters. The molecule has 1 saturated heterocycles. The molecule has 140 valence electrons. The molecule has 1 aromatic carbocycles. The summed E-state index contributed by atoms with van der Waals surface area (Å²) < 4.78 is 11.8. The largest absolute Gasteiger partial charge is 0.374 e. The van der Waals surface area contributed by atoms with Crippen molar-refractivity contribution in [3.8, 4) is 17.3 Å². The lowest BCUT2D eigenvalue weighted by atomic mass is 9.87. The monoisotopic (exact) mass is 364 g/mol. The molecule has 27 heavy (non-hydrogen) atoms. The molecule has 0 bridgehead atoms. The summed E-state index contributed by atoms with van der Waals surface area (Å²) in [6, 6.07) is 12.7. The lowest BCUT2D eigenvalue weighted by Gasteiger charge is -2.32.